The van der Waals surface area contributed by atoms with Gasteiger partial charge in [0.1, 0.15) is 5.78 Å². The van der Waals surface area contributed by atoms with Gasteiger partial charge in [0, 0.05) is 22.8 Å². The van der Waals surface area contributed by atoms with Crippen LogP contribution in [0.5, 0.6) is 0 Å². The van der Waals surface area contributed by atoms with Crippen LogP contribution in [0.1, 0.15) is 88.5 Å². The fourth-order valence-electron chi connectivity index (χ4n) is 3.61. The highest BCUT2D eigenvalue weighted by Crippen LogP contribution is 2.35. The average Bonchev–Trinajstić information content (AvgIpc) is 2.21. The first kappa shape index (κ1) is 21.1. The zero-order valence-electron chi connectivity index (χ0n) is 16.4. The van der Waals surface area contributed by atoms with E-state index in [4.69, 9.17) is 0 Å². The summed E-state index contributed by atoms with van der Waals surface area (Å²) in [5.41, 5.74) is -1.14. The molecule has 0 aliphatic heterocycles. The minimum absolute atomic E-state index is 0.0622. The molecule has 0 bridgehead atoms. The highest BCUT2D eigenvalue weighted by Gasteiger charge is 2.38. The zero-order chi connectivity index (χ0) is 18.0. The van der Waals surface area contributed by atoms with Crippen molar-refractivity contribution >= 4 is 11.7 Å². The first-order valence-corrected chi connectivity index (χ1v) is 8.38. The summed E-state index contributed by atoms with van der Waals surface area (Å²) in [6, 6.07) is 0. The lowest BCUT2D eigenvalue weighted by Gasteiger charge is -2.38. The highest BCUT2D eigenvalue weighted by molar-refractivity contribution is 5.85. The van der Waals surface area contributed by atoms with E-state index in [9.17, 15) is 9.59 Å². The number of hydrogen-bond acceptors (Lipinski definition) is 2. The van der Waals surface area contributed by atoms with Crippen molar-refractivity contribution in [2.75, 3.05) is 0 Å². The lowest BCUT2D eigenvalue weighted by molar-refractivity contribution is -0.134. The van der Waals surface area contributed by atoms with E-state index >= 15 is 0 Å². The van der Waals surface area contributed by atoms with E-state index in [1.165, 1.54) is 0 Å². The number of hydrogen-bond donors (Lipinski definition) is 1. The zero-order valence-corrected chi connectivity index (χ0v) is 16.4. The third-order valence-corrected chi connectivity index (χ3v) is 4.00. The topological polar surface area (TPSA) is 46.2 Å². The second kappa shape index (κ2) is 6.72. The van der Waals surface area contributed by atoms with Gasteiger partial charge in [0.15, 0.2) is 0 Å². The Morgan fingerprint density at radius 2 is 1.23 bits per heavy atom. The SMILES string of the molecule is CCC(=O)C(C)(C)CC(C)(C)NC(=O)C(C)(C)CC(C)(C)C. The molecule has 0 fully saturated rings. The van der Waals surface area contributed by atoms with E-state index in [1.54, 1.807) is 0 Å². The van der Waals surface area contributed by atoms with Gasteiger partial charge in [-0.05, 0) is 32.1 Å². The van der Waals surface area contributed by atoms with Gasteiger partial charge in [0.2, 0.25) is 5.91 Å². The summed E-state index contributed by atoms with van der Waals surface area (Å²) in [6.45, 7) is 20.3. The van der Waals surface area contributed by atoms with Crippen LogP contribution in [-0.2, 0) is 9.59 Å². The molecule has 0 aromatic rings. The molecule has 0 aromatic carbocycles. The molecule has 0 saturated carbocycles. The lowest BCUT2D eigenvalue weighted by Crippen LogP contribution is -2.52. The maximum atomic E-state index is 12.7. The van der Waals surface area contributed by atoms with E-state index in [0.29, 0.717) is 12.8 Å². The Kier molecular flexibility index (Phi) is 6.46. The minimum atomic E-state index is -0.422. The van der Waals surface area contributed by atoms with Crippen molar-refractivity contribution in [1.82, 2.24) is 5.32 Å². The van der Waals surface area contributed by atoms with Crippen LogP contribution in [-0.4, -0.2) is 17.2 Å². The van der Waals surface area contributed by atoms with Crippen LogP contribution in [0.3, 0.4) is 0 Å². The first-order chi connectivity index (χ1) is 9.52. The van der Waals surface area contributed by atoms with Gasteiger partial charge in [-0.15, -0.1) is 0 Å². The number of carbonyl (C=O) groups is 2. The van der Waals surface area contributed by atoms with E-state index in [-0.39, 0.29) is 17.1 Å². The molecule has 0 atom stereocenters. The first-order valence-electron chi connectivity index (χ1n) is 8.38. The predicted octanol–water partition coefficient (Wildman–Crippen LogP) is 4.74. The third-order valence-electron chi connectivity index (χ3n) is 4.00. The molecule has 0 aliphatic rings. The molecular formula is C19H37NO2. The van der Waals surface area contributed by atoms with E-state index in [0.717, 1.165) is 6.42 Å². The third kappa shape index (κ3) is 6.93. The normalized spacial score (nSPS) is 13.9. The molecule has 3 nitrogen and oxygen atoms in total. The molecule has 0 heterocycles. The number of carbonyl (C=O) groups excluding carboxylic acids is 2. The van der Waals surface area contributed by atoms with Crippen molar-refractivity contribution < 1.29 is 9.59 Å². The number of rotatable bonds is 7. The summed E-state index contributed by atoms with van der Waals surface area (Å²) in [4.78, 5) is 24.8. The van der Waals surface area contributed by atoms with E-state index in [1.807, 2.05) is 48.5 Å². The monoisotopic (exact) mass is 311 g/mol. The molecule has 0 rings (SSSR count). The number of Topliss-reactive ketones (excluding diaryl/α,β-unsaturated/α-hetero) is 1. The predicted molar refractivity (Wildman–Crippen MR) is 93.8 cm³/mol. The van der Waals surface area contributed by atoms with Crippen LogP contribution in [0.15, 0.2) is 0 Å². The van der Waals surface area contributed by atoms with Crippen LogP contribution in [0.25, 0.3) is 0 Å². The van der Waals surface area contributed by atoms with Gasteiger partial charge in [-0.1, -0.05) is 55.4 Å². The minimum Gasteiger partial charge on any atom is -0.351 e. The van der Waals surface area contributed by atoms with Gasteiger partial charge in [-0.3, -0.25) is 9.59 Å². The van der Waals surface area contributed by atoms with E-state index < -0.39 is 16.4 Å². The van der Waals surface area contributed by atoms with Crippen LogP contribution >= 0.6 is 0 Å². The summed E-state index contributed by atoms with van der Waals surface area (Å²) < 4.78 is 0. The molecule has 0 radical (unpaired) electrons. The Morgan fingerprint density at radius 3 is 1.59 bits per heavy atom. The summed E-state index contributed by atoms with van der Waals surface area (Å²) in [5, 5.41) is 3.16. The standard InChI is InChI=1S/C19H37NO2/c1-11-14(21)17(5,6)13-19(9,10)20-15(22)18(7,8)12-16(2,3)4/h11-13H2,1-10H3,(H,20,22). The van der Waals surface area contributed by atoms with Crippen LogP contribution in [0.2, 0.25) is 0 Å². The maximum Gasteiger partial charge on any atom is 0.226 e. The quantitative estimate of drug-likeness (QED) is 0.738. The van der Waals surface area contributed by atoms with Crippen molar-refractivity contribution in [3.05, 3.63) is 0 Å². The Balaban J connectivity index is 4.98. The smallest absolute Gasteiger partial charge is 0.226 e. The summed E-state index contributed by atoms with van der Waals surface area (Å²) in [6.07, 6.45) is 2.00. The molecule has 0 spiro atoms. The van der Waals surface area contributed by atoms with Crippen molar-refractivity contribution in [2.24, 2.45) is 16.2 Å². The van der Waals surface area contributed by atoms with Crippen molar-refractivity contribution in [2.45, 2.75) is 94.0 Å². The fourth-order valence-corrected chi connectivity index (χ4v) is 3.61. The molecule has 3 heteroatoms. The number of nitrogens with one attached hydrogen (secondary N) is 1. The van der Waals surface area contributed by atoms with Gasteiger partial charge in [0.05, 0.1) is 0 Å². The van der Waals surface area contributed by atoms with Gasteiger partial charge in [0.25, 0.3) is 0 Å². The Hall–Kier alpha value is -0.860. The Bertz CT molecular complexity index is 412. The summed E-state index contributed by atoms with van der Waals surface area (Å²) in [5.74, 6) is 0.302. The molecule has 22 heavy (non-hydrogen) atoms. The molecule has 0 aliphatic carbocycles. The molecule has 0 saturated heterocycles. The largest absolute Gasteiger partial charge is 0.351 e. The molecule has 1 N–H and O–H groups in total. The van der Waals surface area contributed by atoms with Crippen molar-refractivity contribution in [3.8, 4) is 0 Å². The van der Waals surface area contributed by atoms with Gasteiger partial charge in [-0.2, -0.15) is 0 Å². The highest BCUT2D eigenvalue weighted by atomic mass is 16.2. The van der Waals surface area contributed by atoms with Crippen LogP contribution in [0.4, 0.5) is 0 Å². The number of ketones is 1. The van der Waals surface area contributed by atoms with Gasteiger partial charge in [-0.25, -0.2) is 0 Å². The molecule has 1 amide bonds. The second-order valence-corrected chi connectivity index (χ2v) is 9.80. The number of amides is 1. The summed E-state index contributed by atoms with van der Waals surface area (Å²) in [7, 11) is 0. The maximum absolute atomic E-state index is 12.7. The van der Waals surface area contributed by atoms with Crippen molar-refractivity contribution in [1.29, 1.82) is 0 Å². The van der Waals surface area contributed by atoms with Gasteiger partial charge >= 0.3 is 0 Å². The van der Waals surface area contributed by atoms with E-state index in [2.05, 4.69) is 26.1 Å². The second-order valence-electron chi connectivity index (χ2n) is 9.80. The molecule has 130 valence electrons. The van der Waals surface area contributed by atoms with Crippen molar-refractivity contribution in [3.63, 3.8) is 0 Å². The van der Waals surface area contributed by atoms with Crippen LogP contribution in [0, 0.1) is 16.2 Å². The molecule has 0 aromatic heterocycles. The van der Waals surface area contributed by atoms with Crippen LogP contribution < -0.4 is 5.32 Å². The Morgan fingerprint density at radius 1 is 0.773 bits per heavy atom. The average molecular weight is 312 g/mol. The summed E-state index contributed by atoms with van der Waals surface area (Å²) >= 11 is 0. The molecule has 0 unspecified atom stereocenters. The van der Waals surface area contributed by atoms with Gasteiger partial charge < -0.3 is 5.32 Å². The molecular weight excluding hydrogens is 274 g/mol. The Labute approximate surface area is 137 Å². The fraction of sp³-hybridized carbons (Fsp3) is 0.895. The lowest BCUT2D eigenvalue weighted by atomic mass is 9.73.